The van der Waals surface area contributed by atoms with Gasteiger partial charge in [0.05, 0.1) is 5.69 Å². The molecule has 3 heteroatoms. The molecule has 1 heterocycles. The van der Waals surface area contributed by atoms with Gasteiger partial charge in [-0.1, -0.05) is 20.8 Å². The summed E-state index contributed by atoms with van der Waals surface area (Å²) in [6.07, 6.45) is 3.86. The smallest absolute Gasteiger partial charge is 0.199 e. The second kappa shape index (κ2) is 4.60. The van der Waals surface area contributed by atoms with Crippen LogP contribution in [0.5, 0.6) is 0 Å². The Bertz CT molecular complexity index is 273. The number of hydrogen-bond acceptors (Lipinski definition) is 3. The fourth-order valence-corrected chi connectivity index (χ4v) is 1.21. The van der Waals surface area contributed by atoms with Crippen molar-refractivity contribution in [3.05, 3.63) is 17.8 Å². The first-order valence-corrected chi connectivity index (χ1v) is 5.13. The first kappa shape index (κ1) is 11.2. The second-order valence-corrected chi connectivity index (χ2v) is 4.60. The van der Waals surface area contributed by atoms with E-state index in [2.05, 4.69) is 31.1 Å². The van der Waals surface area contributed by atoms with Gasteiger partial charge in [-0.3, -0.25) is 0 Å². The van der Waals surface area contributed by atoms with E-state index in [1.807, 2.05) is 7.05 Å². The van der Waals surface area contributed by atoms with Crippen molar-refractivity contribution in [1.29, 1.82) is 0 Å². The Balaban J connectivity index is 2.51. The number of aryl methyl sites for hydroxylation is 1. The summed E-state index contributed by atoms with van der Waals surface area (Å²) in [6.45, 7) is 7.35. The number of nitrogens with one attached hydrogen (secondary N) is 1. The third-order valence-electron chi connectivity index (χ3n) is 2.05. The first-order valence-electron chi connectivity index (χ1n) is 5.13. The molecule has 0 bridgehead atoms. The summed E-state index contributed by atoms with van der Waals surface area (Å²) in [4.78, 5) is 4.46. The van der Waals surface area contributed by atoms with E-state index in [-0.39, 0.29) is 5.41 Å². The molecule has 0 saturated heterocycles. The van der Waals surface area contributed by atoms with Gasteiger partial charge in [-0.2, -0.15) is 0 Å². The lowest BCUT2D eigenvalue weighted by Gasteiger charge is -2.11. The van der Waals surface area contributed by atoms with Gasteiger partial charge < -0.3 is 9.73 Å². The van der Waals surface area contributed by atoms with Crippen LogP contribution in [0.3, 0.4) is 0 Å². The Morgan fingerprint density at radius 2 is 2.14 bits per heavy atom. The molecule has 0 aliphatic rings. The Kier molecular flexibility index (Phi) is 3.69. The van der Waals surface area contributed by atoms with Crippen LogP contribution in [0.15, 0.2) is 10.7 Å². The van der Waals surface area contributed by atoms with Gasteiger partial charge >= 0.3 is 0 Å². The van der Waals surface area contributed by atoms with Gasteiger partial charge in [-0.15, -0.1) is 0 Å². The van der Waals surface area contributed by atoms with Crippen molar-refractivity contribution in [2.24, 2.45) is 0 Å². The largest absolute Gasteiger partial charge is 0.448 e. The fourth-order valence-electron chi connectivity index (χ4n) is 1.21. The van der Waals surface area contributed by atoms with Crippen LogP contribution < -0.4 is 5.32 Å². The lowest BCUT2D eigenvalue weighted by molar-refractivity contribution is 0.392. The normalized spacial score (nSPS) is 12.0. The zero-order valence-corrected chi connectivity index (χ0v) is 9.55. The summed E-state index contributed by atoms with van der Waals surface area (Å²) in [6, 6.07) is 0. The van der Waals surface area contributed by atoms with Gasteiger partial charge in [-0.25, -0.2) is 4.98 Å². The zero-order chi connectivity index (χ0) is 10.6. The van der Waals surface area contributed by atoms with Crippen LogP contribution in [0.25, 0.3) is 0 Å². The Hall–Kier alpha value is -0.830. The van der Waals surface area contributed by atoms with E-state index in [1.54, 1.807) is 6.26 Å². The van der Waals surface area contributed by atoms with Gasteiger partial charge in [-0.05, 0) is 26.4 Å². The Labute approximate surface area is 85.9 Å². The highest BCUT2D eigenvalue weighted by molar-refractivity contribution is 5.03. The van der Waals surface area contributed by atoms with E-state index in [4.69, 9.17) is 4.42 Å². The summed E-state index contributed by atoms with van der Waals surface area (Å²) in [7, 11) is 1.96. The van der Waals surface area contributed by atoms with Crippen molar-refractivity contribution in [2.75, 3.05) is 13.6 Å². The molecule has 1 N–H and O–H groups in total. The Morgan fingerprint density at radius 3 is 2.64 bits per heavy atom. The highest BCUT2D eigenvalue weighted by Crippen LogP contribution is 2.21. The number of aromatic nitrogens is 1. The zero-order valence-electron chi connectivity index (χ0n) is 9.55. The van der Waals surface area contributed by atoms with E-state index >= 15 is 0 Å². The third kappa shape index (κ3) is 3.14. The maximum atomic E-state index is 5.43. The molecule has 0 aromatic carbocycles. The predicted molar refractivity (Wildman–Crippen MR) is 57.5 cm³/mol. The van der Waals surface area contributed by atoms with Crippen LogP contribution >= 0.6 is 0 Å². The summed E-state index contributed by atoms with van der Waals surface area (Å²) >= 11 is 0. The topological polar surface area (TPSA) is 38.1 Å². The van der Waals surface area contributed by atoms with Crippen molar-refractivity contribution in [1.82, 2.24) is 10.3 Å². The molecule has 0 radical (unpaired) electrons. The standard InChI is InChI=1S/C11H20N2O/c1-11(2,3)10-13-9(8-14-10)6-5-7-12-4/h8,12H,5-7H2,1-4H3. The Morgan fingerprint density at radius 1 is 1.43 bits per heavy atom. The van der Waals surface area contributed by atoms with E-state index in [9.17, 15) is 0 Å². The van der Waals surface area contributed by atoms with Crippen molar-refractivity contribution in [3.8, 4) is 0 Å². The van der Waals surface area contributed by atoms with Crippen LogP contribution in [0, 0.1) is 0 Å². The van der Waals surface area contributed by atoms with Crippen LogP contribution in [-0.2, 0) is 11.8 Å². The second-order valence-electron chi connectivity index (χ2n) is 4.60. The summed E-state index contributed by atoms with van der Waals surface area (Å²) in [5.74, 6) is 0.831. The van der Waals surface area contributed by atoms with Crippen molar-refractivity contribution < 1.29 is 4.42 Å². The number of hydrogen-bond donors (Lipinski definition) is 1. The molecular weight excluding hydrogens is 176 g/mol. The molecule has 0 fully saturated rings. The molecule has 3 nitrogen and oxygen atoms in total. The molecule has 0 amide bonds. The van der Waals surface area contributed by atoms with Gasteiger partial charge in [0.2, 0.25) is 0 Å². The number of oxazole rings is 1. The molecule has 1 aromatic heterocycles. The highest BCUT2D eigenvalue weighted by atomic mass is 16.3. The number of rotatable bonds is 4. The van der Waals surface area contributed by atoms with Crippen molar-refractivity contribution >= 4 is 0 Å². The minimum absolute atomic E-state index is 0.0151. The number of nitrogens with zero attached hydrogens (tertiary/aromatic N) is 1. The van der Waals surface area contributed by atoms with Crippen LogP contribution in [0.4, 0.5) is 0 Å². The van der Waals surface area contributed by atoms with E-state index < -0.39 is 0 Å². The van der Waals surface area contributed by atoms with Crippen molar-refractivity contribution in [2.45, 2.75) is 39.0 Å². The maximum absolute atomic E-state index is 5.43. The molecule has 14 heavy (non-hydrogen) atoms. The van der Waals surface area contributed by atoms with Gasteiger partial charge in [0.1, 0.15) is 6.26 Å². The van der Waals surface area contributed by atoms with Crippen LogP contribution in [0.1, 0.15) is 38.8 Å². The molecule has 0 aliphatic heterocycles. The van der Waals surface area contributed by atoms with E-state index in [1.165, 1.54) is 0 Å². The molecule has 1 aromatic rings. The molecule has 80 valence electrons. The van der Waals surface area contributed by atoms with Gasteiger partial charge in [0.15, 0.2) is 5.89 Å². The first-order chi connectivity index (χ1) is 6.54. The molecule has 0 saturated carbocycles. The quantitative estimate of drug-likeness (QED) is 0.750. The summed E-state index contributed by atoms with van der Waals surface area (Å²) < 4.78 is 5.43. The predicted octanol–water partition coefficient (Wildman–Crippen LogP) is 2.12. The third-order valence-corrected chi connectivity index (χ3v) is 2.05. The minimum atomic E-state index is 0.0151. The molecule has 0 spiro atoms. The maximum Gasteiger partial charge on any atom is 0.199 e. The summed E-state index contributed by atoms with van der Waals surface area (Å²) in [5.41, 5.74) is 1.08. The van der Waals surface area contributed by atoms with E-state index in [0.29, 0.717) is 0 Å². The molecule has 0 atom stereocenters. The van der Waals surface area contributed by atoms with Gasteiger partial charge in [0.25, 0.3) is 0 Å². The average Bonchev–Trinajstić information content (AvgIpc) is 2.52. The van der Waals surface area contributed by atoms with Gasteiger partial charge in [0, 0.05) is 5.41 Å². The average molecular weight is 196 g/mol. The molecule has 0 aliphatic carbocycles. The monoisotopic (exact) mass is 196 g/mol. The van der Waals surface area contributed by atoms with Crippen LogP contribution in [-0.4, -0.2) is 18.6 Å². The van der Waals surface area contributed by atoms with E-state index in [0.717, 1.165) is 31.0 Å². The highest BCUT2D eigenvalue weighted by Gasteiger charge is 2.19. The molecule has 0 unspecified atom stereocenters. The lowest BCUT2D eigenvalue weighted by Crippen LogP contribution is -2.12. The molecular formula is C11H20N2O. The SMILES string of the molecule is CNCCCc1coc(C(C)(C)C)n1. The lowest BCUT2D eigenvalue weighted by atomic mass is 9.97. The minimum Gasteiger partial charge on any atom is -0.448 e. The van der Waals surface area contributed by atoms with Crippen molar-refractivity contribution in [3.63, 3.8) is 0 Å². The fraction of sp³-hybridized carbons (Fsp3) is 0.727. The summed E-state index contributed by atoms with van der Waals surface area (Å²) in [5, 5.41) is 3.12. The molecule has 1 rings (SSSR count). The van der Waals surface area contributed by atoms with Crippen LogP contribution in [0.2, 0.25) is 0 Å².